The zero-order chi connectivity index (χ0) is 21.9. The van der Waals surface area contributed by atoms with Crippen LogP contribution in [-0.2, 0) is 19.1 Å². The highest BCUT2D eigenvalue weighted by Crippen LogP contribution is 2.22. The van der Waals surface area contributed by atoms with Crippen LogP contribution in [-0.4, -0.2) is 87.8 Å². The molecule has 2 fully saturated rings. The van der Waals surface area contributed by atoms with Gasteiger partial charge in [-0.1, -0.05) is 13.8 Å². The number of hydrazine groups is 1. The van der Waals surface area contributed by atoms with E-state index in [1.807, 2.05) is 13.8 Å². The highest BCUT2D eigenvalue weighted by molar-refractivity contribution is 5.90. The van der Waals surface area contributed by atoms with Gasteiger partial charge in [0.15, 0.2) is 0 Å². The Morgan fingerprint density at radius 2 is 1.86 bits per heavy atom. The van der Waals surface area contributed by atoms with Crippen molar-refractivity contribution in [3.8, 4) is 0 Å². The Kier molecular flexibility index (Phi) is 7.10. The van der Waals surface area contributed by atoms with E-state index in [9.17, 15) is 24.3 Å². The summed E-state index contributed by atoms with van der Waals surface area (Å²) in [7, 11) is 0. The number of carbonyl (C=O) groups is 4. The van der Waals surface area contributed by atoms with Crippen LogP contribution in [0.15, 0.2) is 0 Å². The molecule has 164 valence electrons. The van der Waals surface area contributed by atoms with Crippen molar-refractivity contribution in [1.29, 1.82) is 0 Å². The number of hydrogen-bond donors (Lipinski definition) is 2. The van der Waals surface area contributed by atoms with Crippen LogP contribution in [0.5, 0.6) is 0 Å². The predicted octanol–water partition coefficient (Wildman–Crippen LogP) is 0.671. The number of ether oxygens (including phenoxy) is 1. The van der Waals surface area contributed by atoms with Crippen LogP contribution >= 0.6 is 0 Å². The normalized spacial score (nSPS) is 23.4. The summed E-state index contributed by atoms with van der Waals surface area (Å²) in [5, 5.41) is 14.9. The zero-order valence-electron chi connectivity index (χ0n) is 17.8. The topological polar surface area (TPSA) is 119 Å². The molecule has 0 saturated carbocycles. The lowest BCUT2D eigenvalue weighted by Gasteiger charge is -2.39. The van der Waals surface area contributed by atoms with Crippen LogP contribution in [0.3, 0.4) is 0 Å². The number of carbonyl (C=O) groups excluding carboxylic acids is 3. The van der Waals surface area contributed by atoms with Gasteiger partial charge in [0.05, 0.1) is 6.54 Å². The molecule has 0 aromatic rings. The molecule has 2 aliphatic rings. The summed E-state index contributed by atoms with van der Waals surface area (Å²) in [6.45, 7) is 10.0. The van der Waals surface area contributed by atoms with Crippen molar-refractivity contribution in [2.45, 2.75) is 65.1 Å². The minimum absolute atomic E-state index is 0.0275. The van der Waals surface area contributed by atoms with Crippen molar-refractivity contribution >= 4 is 23.9 Å². The van der Waals surface area contributed by atoms with E-state index in [4.69, 9.17) is 4.74 Å². The lowest BCUT2D eigenvalue weighted by molar-refractivity contribution is -0.164. The number of alkyl carbamates (subject to hydrolysis) is 1. The number of rotatable bonds is 4. The number of amides is 3. The van der Waals surface area contributed by atoms with E-state index in [2.05, 4.69) is 5.32 Å². The third-order valence-corrected chi connectivity index (χ3v) is 4.73. The SMILES string of the molecule is CC(C)CC(=O)N1CCN2CC[C@@H](C(=O)O)N2C(=O)[C@@H](NC(=O)OC(C)(C)C)C1. The molecule has 10 nitrogen and oxygen atoms in total. The monoisotopic (exact) mass is 412 g/mol. The molecule has 2 aliphatic heterocycles. The van der Waals surface area contributed by atoms with Gasteiger partial charge in [-0.2, -0.15) is 0 Å². The van der Waals surface area contributed by atoms with Gasteiger partial charge in [-0.15, -0.1) is 0 Å². The summed E-state index contributed by atoms with van der Waals surface area (Å²) >= 11 is 0. The molecule has 2 N–H and O–H groups in total. The summed E-state index contributed by atoms with van der Waals surface area (Å²) in [4.78, 5) is 51.3. The molecule has 0 unspecified atom stereocenters. The largest absolute Gasteiger partial charge is 0.480 e. The lowest BCUT2D eigenvalue weighted by Crippen LogP contribution is -2.63. The summed E-state index contributed by atoms with van der Waals surface area (Å²) in [6.07, 6.45) is -0.167. The molecule has 2 heterocycles. The van der Waals surface area contributed by atoms with Crippen LogP contribution in [0.25, 0.3) is 0 Å². The van der Waals surface area contributed by atoms with Gasteiger partial charge in [0.2, 0.25) is 5.91 Å². The van der Waals surface area contributed by atoms with E-state index in [0.29, 0.717) is 32.5 Å². The first-order chi connectivity index (χ1) is 13.4. The molecule has 29 heavy (non-hydrogen) atoms. The van der Waals surface area contributed by atoms with Crippen LogP contribution in [0, 0.1) is 5.92 Å². The smallest absolute Gasteiger partial charge is 0.408 e. The fourth-order valence-corrected chi connectivity index (χ4v) is 3.49. The Hall–Kier alpha value is -2.36. The van der Waals surface area contributed by atoms with Crippen molar-refractivity contribution < 1.29 is 29.0 Å². The van der Waals surface area contributed by atoms with Crippen LogP contribution < -0.4 is 5.32 Å². The number of nitrogens with zero attached hydrogens (tertiary/aromatic N) is 3. The van der Waals surface area contributed by atoms with E-state index in [1.54, 1.807) is 30.7 Å². The zero-order valence-corrected chi connectivity index (χ0v) is 17.8. The Morgan fingerprint density at radius 3 is 2.41 bits per heavy atom. The molecule has 0 aliphatic carbocycles. The fraction of sp³-hybridized carbons (Fsp3) is 0.789. The molecule has 0 bridgehead atoms. The van der Waals surface area contributed by atoms with E-state index < -0.39 is 35.7 Å². The molecule has 2 saturated heterocycles. The minimum Gasteiger partial charge on any atom is -0.480 e. The molecule has 0 spiro atoms. The Bertz CT molecular complexity index is 660. The maximum absolute atomic E-state index is 13.2. The molecule has 10 heteroatoms. The second-order valence-electron chi connectivity index (χ2n) is 8.92. The number of hydrogen-bond acceptors (Lipinski definition) is 6. The third kappa shape index (κ3) is 6.06. The number of aliphatic carboxylic acids is 1. The first-order valence-electron chi connectivity index (χ1n) is 9.97. The highest BCUT2D eigenvalue weighted by Gasteiger charge is 2.45. The van der Waals surface area contributed by atoms with E-state index in [-0.39, 0.29) is 18.4 Å². The number of fused-ring (bicyclic) bond motifs is 1. The number of carboxylic acids is 1. The third-order valence-electron chi connectivity index (χ3n) is 4.73. The van der Waals surface area contributed by atoms with Gasteiger partial charge in [-0.05, 0) is 33.1 Å². The minimum atomic E-state index is -1.09. The summed E-state index contributed by atoms with van der Waals surface area (Å²) in [5.41, 5.74) is -0.759. The van der Waals surface area contributed by atoms with Crippen LogP contribution in [0.4, 0.5) is 4.79 Å². The van der Waals surface area contributed by atoms with E-state index in [1.165, 1.54) is 5.01 Å². The first-order valence-corrected chi connectivity index (χ1v) is 9.97. The summed E-state index contributed by atoms with van der Waals surface area (Å²) in [6, 6.07) is -2.08. The van der Waals surface area contributed by atoms with Gasteiger partial charge < -0.3 is 20.1 Å². The standard InChI is InChI=1S/C19H32N4O6/c1-12(2)10-15(24)21-8-9-22-7-6-14(17(26)27)23(22)16(25)13(11-21)20-18(28)29-19(3,4)5/h12-14H,6-11H2,1-5H3,(H,20,28)(H,26,27)/t13-,14-/m0/s1. The molecule has 0 aromatic heterocycles. The molecule has 3 amide bonds. The average Bonchev–Trinajstić information content (AvgIpc) is 2.96. The van der Waals surface area contributed by atoms with Crippen molar-refractivity contribution in [2.24, 2.45) is 5.92 Å². The fourth-order valence-electron chi connectivity index (χ4n) is 3.49. The molecule has 0 radical (unpaired) electrons. The van der Waals surface area contributed by atoms with Crippen molar-refractivity contribution in [1.82, 2.24) is 20.2 Å². The Labute approximate surface area is 171 Å². The van der Waals surface area contributed by atoms with E-state index >= 15 is 0 Å². The maximum atomic E-state index is 13.2. The van der Waals surface area contributed by atoms with Gasteiger partial charge in [0.1, 0.15) is 17.7 Å². The Balaban J connectivity index is 2.27. The van der Waals surface area contributed by atoms with E-state index in [0.717, 1.165) is 0 Å². The highest BCUT2D eigenvalue weighted by atomic mass is 16.6. The van der Waals surface area contributed by atoms with Gasteiger partial charge in [-0.25, -0.2) is 14.6 Å². The summed E-state index contributed by atoms with van der Waals surface area (Å²) in [5.74, 6) is -1.60. The van der Waals surface area contributed by atoms with Crippen molar-refractivity contribution in [3.63, 3.8) is 0 Å². The van der Waals surface area contributed by atoms with Crippen LogP contribution in [0.2, 0.25) is 0 Å². The van der Waals surface area contributed by atoms with Gasteiger partial charge in [0, 0.05) is 26.1 Å². The van der Waals surface area contributed by atoms with Crippen LogP contribution in [0.1, 0.15) is 47.5 Å². The van der Waals surface area contributed by atoms with Gasteiger partial charge >= 0.3 is 12.1 Å². The lowest BCUT2D eigenvalue weighted by atomic mass is 10.1. The second kappa shape index (κ2) is 8.98. The Morgan fingerprint density at radius 1 is 1.21 bits per heavy atom. The number of carboxylic acid groups (broad SMARTS) is 1. The maximum Gasteiger partial charge on any atom is 0.408 e. The van der Waals surface area contributed by atoms with Gasteiger partial charge in [0.25, 0.3) is 5.91 Å². The molecular formula is C19H32N4O6. The second-order valence-corrected chi connectivity index (χ2v) is 8.92. The predicted molar refractivity (Wildman–Crippen MR) is 104 cm³/mol. The molecule has 2 rings (SSSR count). The average molecular weight is 412 g/mol. The molecule has 2 atom stereocenters. The van der Waals surface area contributed by atoms with Crippen molar-refractivity contribution in [3.05, 3.63) is 0 Å². The van der Waals surface area contributed by atoms with Gasteiger partial charge in [-0.3, -0.25) is 14.6 Å². The molecular weight excluding hydrogens is 380 g/mol. The summed E-state index contributed by atoms with van der Waals surface area (Å²) < 4.78 is 5.25. The number of nitrogens with one attached hydrogen (secondary N) is 1. The van der Waals surface area contributed by atoms with Crippen molar-refractivity contribution in [2.75, 3.05) is 26.2 Å². The molecule has 0 aromatic carbocycles. The first kappa shape index (κ1) is 22.9. The quantitative estimate of drug-likeness (QED) is 0.696.